The third-order valence-electron chi connectivity index (χ3n) is 4.75. The quantitative estimate of drug-likeness (QED) is 0.386. The number of halogens is 1. The van der Waals surface area contributed by atoms with Gasteiger partial charge in [0.2, 0.25) is 5.91 Å². The molecular weight excluding hydrogens is 474 g/mol. The molecule has 0 bridgehead atoms. The Morgan fingerprint density at radius 1 is 1.03 bits per heavy atom. The zero-order valence-corrected chi connectivity index (χ0v) is 18.5. The normalized spacial score (nSPS) is 11.7. The molecule has 2 heterocycles. The minimum Gasteiger partial charge on any atom is -0.444 e. The molecule has 162 valence electrons. The van der Waals surface area contributed by atoms with Crippen LogP contribution in [0.1, 0.15) is 27.7 Å². The summed E-state index contributed by atoms with van der Waals surface area (Å²) in [6.07, 6.45) is 3.30. The van der Waals surface area contributed by atoms with Crippen molar-refractivity contribution >= 4 is 33.4 Å². The number of hydrogen-bond donors (Lipinski definition) is 2. The van der Waals surface area contributed by atoms with E-state index in [4.69, 9.17) is 4.42 Å². The standard InChI is InChI=1S/C23H20BrN5O3/c24-21-11-10-20(32-21)23(31)27-18-8-6-16(7-9-18)12-22(30)28-19(13-29-15-25-14-26-29)17-4-2-1-3-5-17/h1-11,14-15,19H,12-13H2,(H,27,31)(H,28,30). The van der Waals surface area contributed by atoms with Gasteiger partial charge in [-0.2, -0.15) is 5.10 Å². The van der Waals surface area contributed by atoms with E-state index in [1.165, 1.54) is 6.33 Å². The van der Waals surface area contributed by atoms with Crippen LogP contribution in [-0.2, 0) is 17.8 Å². The fraction of sp³-hybridized carbons (Fsp3) is 0.130. The van der Waals surface area contributed by atoms with E-state index in [1.54, 1.807) is 35.3 Å². The number of aromatic nitrogens is 3. The first kappa shape index (κ1) is 21.5. The second kappa shape index (κ2) is 10.1. The van der Waals surface area contributed by atoms with Gasteiger partial charge in [-0.1, -0.05) is 42.5 Å². The molecule has 1 atom stereocenters. The summed E-state index contributed by atoms with van der Waals surface area (Å²) in [5.74, 6) is -0.254. The summed E-state index contributed by atoms with van der Waals surface area (Å²) in [5.41, 5.74) is 2.42. The highest BCUT2D eigenvalue weighted by atomic mass is 79.9. The van der Waals surface area contributed by atoms with Gasteiger partial charge in [-0.15, -0.1) is 0 Å². The second-order valence-corrected chi connectivity index (χ2v) is 7.86. The van der Waals surface area contributed by atoms with Crippen molar-refractivity contribution in [3.63, 3.8) is 0 Å². The second-order valence-electron chi connectivity index (χ2n) is 7.08. The first-order valence-corrected chi connectivity index (χ1v) is 10.7. The van der Waals surface area contributed by atoms with Crippen LogP contribution in [0.4, 0.5) is 5.69 Å². The van der Waals surface area contributed by atoms with Gasteiger partial charge in [-0.05, 0) is 51.3 Å². The van der Waals surface area contributed by atoms with Crippen molar-refractivity contribution in [3.8, 4) is 0 Å². The Balaban J connectivity index is 1.37. The number of amides is 2. The van der Waals surface area contributed by atoms with Gasteiger partial charge in [0.25, 0.3) is 5.91 Å². The van der Waals surface area contributed by atoms with Gasteiger partial charge in [0, 0.05) is 5.69 Å². The average molecular weight is 494 g/mol. The van der Waals surface area contributed by atoms with E-state index in [0.717, 1.165) is 11.1 Å². The Hall–Kier alpha value is -3.72. The van der Waals surface area contributed by atoms with Gasteiger partial charge in [0.15, 0.2) is 10.4 Å². The van der Waals surface area contributed by atoms with E-state index in [1.807, 2.05) is 42.5 Å². The molecule has 0 saturated carbocycles. The van der Waals surface area contributed by atoms with Crippen molar-refractivity contribution in [2.75, 3.05) is 5.32 Å². The monoisotopic (exact) mass is 493 g/mol. The average Bonchev–Trinajstić information content (AvgIpc) is 3.47. The molecule has 1 unspecified atom stereocenters. The van der Waals surface area contributed by atoms with Crippen molar-refractivity contribution in [2.45, 2.75) is 19.0 Å². The summed E-state index contributed by atoms with van der Waals surface area (Å²) in [6.45, 7) is 0.476. The van der Waals surface area contributed by atoms with Gasteiger partial charge < -0.3 is 15.1 Å². The lowest BCUT2D eigenvalue weighted by Crippen LogP contribution is -2.32. The van der Waals surface area contributed by atoms with Gasteiger partial charge in [-0.3, -0.25) is 14.3 Å². The Morgan fingerprint density at radius 3 is 2.47 bits per heavy atom. The largest absolute Gasteiger partial charge is 0.444 e. The van der Waals surface area contributed by atoms with E-state index in [0.29, 0.717) is 16.9 Å². The Labute approximate surface area is 192 Å². The van der Waals surface area contributed by atoms with Crippen molar-refractivity contribution in [2.24, 2.45) is 0 Å². The summed E-state index contributed by atoms with van der Waals surface area (Å²) in [5, 5.41) is 9.98. The zero-order valence-electron chi connectivity index (χ0n) is 16.9. The minimum atomic E-state index is -0.347. The maximum atomic E-state index is 12.7. The van der Waals surface area contributed by atoms with Crippen LogP contribution in [0, 0.1) is 0 Å². The molecule has 0 radical (unpaired) electrons. The summed E-state index contributed by atoms with van der Waals surface area (Å²) < 4.78 is 7.42. The van der Waals surface area contributed by atoms with Crippen molar-refractivity contribution in [1.29, 1.82) is 0 Å². The number of furan rings is 1. The molecule has 4 rings (SSSR count). The van der Waals surface area contributed by atoms with E-state index in [-0.39, 0.29) is 30.0 Å². The molecule has 2 aromatic heterocycles. The van der Waals surface area contributed by atoms with Gasteiger partial charge in [0.1, 0.15) is 12.7 Å². The Morgan fingerprint density at radius 2 is 1.81 bits per heavy atom. The van der Waals surface area contributed by atoms with Crippen LogP contribution in [0.25, 0.3) is 0 Å². The highest BCUT2D eigenvalue weighted by molar-refractivity contribution is 9.10. The first-order valence-electron chi connectivity index (χ1n) is 9.89. The van der Waals surface area contributed by atoms with Crippen molar-refractivity contribution in [1.82, 2.24) is 20.1 Å². The highest BCUT2D eigenvalue weighted by Gasteiger charge is 2.16. The topological polar surface area (TPSA) is 102 Å². The molecule has 9 heteroatoms. The number of nitrogens with one attached hydrogen (secondary N) is 2. The molecule has 4 aromatic rings. The lowest BCUT2D eigenvalue weighted by molar-refractivity contribution is -0.121. The predicted molar refractivity (Wildman–Crippen MR) is 122 cm³/mol. The van der Waals surface area contributed by atoms with Gasteiger partial charge >= 0.3 is 0 Å². The van der Waals surface area contributed by atoms with Crippen LogP contribution in [-0.4, -0.2) is 26.6 Å². The lowest BCUT2D eigenvalue weighted by atomic mass is 10.1. The number of carbonyl (C=O) groups excluding carboxylic acids is 2. The van der Waals surface area contributed by atoms with Crippen LogP contribution in [0.15, 0.2) is 88.5 Å². The molecule has 0 aliphatic rings. The van der Waals surface area contributed by atoms with Crippen LogP contribution in [0.5, 0.6) is 0 Å². The molecule has 0 spiro atoms. The molecule has 32 heavy (non-hydrogen) atoms. The number of nitrogens with zero attached hydrogens (tertiary/aromatic N) is 3. The number of carbonyl (C=O) groups is 2. The fourth-order valence-corrected chi connectivity index (χ4v) is 3.51. The maximum Gasteiger partial charge on any atom is 0.291 e. The summed E-state index contributed by atoms with van der Waals surface area (Å²) in [4.78, 5) is 28.9. The summed E-state index contributed by atoms with van der Waals surface area (Å²) >= 11 is 3.17. The molecule has 8 nitrogen and oxygen atoms in total. The van der Waals surface area contributed by atoms with E-state index in [9.17, 15) is 9.59 Å². The molecule has 0 fully saturated rings. The zero-order chi connectivity index (χ0) is 22.3. The third kappa shape index (κ3) is 5.70. The molecule has 0 aliphatic heterocycles. The number of benzene rings is 2. The van der Waals surface area contributed by atoms with Crippen LogP contribution >= 0.6 is 15.9 Å². The maximum absolute atomic E-state index is 12.7. The fourth-order valence-electron chi connectivity index (χ4n) is 3.20. The molecule has 2 N–H and O–H groups in total. The highest BCUT2D eigenvalue weighted by Crippen LogP contribution is 2.18. The molecule has 0 saturated heterocycles. The van der Waals surface area contributed by atoms with Crippen LogP contribution in [0.3, 0.4) is 0 Å². The predicted octanol–water partition coefficient (Wildman–Crippen LogP) is 3.99. The number of anilines is 1. The Kier molecular flexibility index (Phi) is 6.76. The minimum absolute atomic E-state index is 0.115. The van der Waals surface area contributed by atoms with Crippen LogP contribution < -0.4 is 10.6 Å². The van der Waals surface area contributed by atoms with Crippen molar-refractivity contribution < 1.29 is 14.0 Å². The third-order valence-corrected chi connectivity index (χ3v) is 5.17. The number of hydrogen-bond acceptors (Lipinski definition) is 5. The first-order chi connectivity index (χ1) is 15.6. The molecular formula is C23H20BrN5O3. The van der Waals surface area contributed by atoms with E-state index in [2.05, 4.69) is 36.6 Å². The lowest BCUT2D eigenvalue weighted by Gasteiger charge is -2.19. The molecule has 2 amide bonds. The smallest absolute Gasteiger partial charge is 0.291 e. The Bertz CT molecular complexity index is 1170. The summed E-state index contributed by atoms with van der Waals surface area (Å²) in [6, 6.07) is 19.9. The van der Waals surface area contributed by atoms with Gasteiger partial charge in [-0.25, -0.2) is 4.98 Å². The van der Waals surface area contributed by atoms with Gasteiger partial charge in [0.05, 0.1) is 19.0 Å². The van der Waals surface area contributed by atoms with Crippen LogP contribution in [0.2, 0.25) is 0 Å². The molecule has 2 aromatic carbocycles. The number of rotatable bonds is 8. The van der Waals surface area contributed by atoms with E-state index >= 15 is 0 Å². The van der Waals surface area contributed by atoms with E-state index < -0.39 is 0 Å². The summed E-state index contributed by atoms with van der Waals surface area (Å²) in [7, 11) is 0. The van der Waals surface area contributed by atoms with Crippen molar-refractivity contribution in [3.05, 3.63) is 101 Å². The molecule has 0 aliphatic carbocycles. The SMILES string of the molecule is O=C(Cc1ccc(NC(=O)c2ccc(Br)o2)cc1)NC(Cn1cncn1)c1ccccc1.